The molecule has 0 radical (unpaired) electrons. The van der Waals surface area contributed by atoms with Crippen LogP contribution in [-0.4, -0.2) is 27.6 Å². The van der Waals surface area contributed by atoms with Crippen LogP contribution >= 0.6 is 0 Å². The minimum Gasteiger partial charge on any atom is -0.496 e. The Bertz CT molecular complexity index is 1340. The summed E-state index contributed by atoms with van der Waals surface area (Å²) in [5.41, 5.74) is 3.58. The number of carbonyl (C=O) groups is 1. The van der Waals surface area contributed by atoms with E-state index in [1.165, 1.54) is 20.3 Å². The van der Waals surface area contributed by atoms with Crippen molar-refractivity contribution in [3.8, 4) is 39.5 Å². The van der Waals surface area contributed by atoms with Crippen LogP contribution in [0, 0.1) is 0 Å². The molecule has 0 aliphatic heterocycles. The summed E-state index contributed by atoms with van der Waals surface area (Å²) in [7, 11) is 4.61. The van der Waals surface area contributed by atoms with Gasteiger partial charge in [-0.2, -0.15) is 0 Å². The molecular formula is C25H20O6. The number of aldehydes is 1. The van der Waals surface area contributed by atoms with E-state index in [4.69, 9.17) is 18.6 Å². The van der Waals surface area contributed by atoms with Crippen LogP contribution in [-0.2, 0) is 0 Å². The van der Waals surface area contributed by atoms with Crippen LogP contribution < -0.4 is 19.8 Å². The van der Waals surface area contributed by atoms with Crippen molar-refractivity contribution in [3.05, 3.63) is 76.6 Å². The molecule has 0 unspecified atom stereocenters. The number of methoxy groups -OCH3 is 3. The van der Waals surface area contributed by atoms with Gasteiger partial charge in [-0.1, -0.05) is 24.3 Å². The second kappa shape index (κ2) is 8.36. The monoisotopic (exact) mass is 416 g/mol. The van der Waals surface area contributed by atoms with Gasteiger partial charge in [-0.15, -0.1) is 0 Å². The molecule has 0 bridgehead atoms. The summed E-state index contributed by atoms with van der Waals surface area (Å²) in [6.45, 7) is 0. The Kier molecular flexibility index (Phi) is 5.45. The fraction of sp³-hybridized carbons (Fsp3) is 0.120. The van der Waals surface area contributed by atoms with Crippen molar-refractivity contribution in [3.63, 3.8) is 0 Å². The summed E-state index contributed by atoms with van der Waals surface area (Å²) in [5, 5.41) is 0.670. The average Bonchev–Trinajstić information content (AvgIpc) is 2.82. The molecule has 0 amide bonds. The van der Waals surface area contributed by atoms with E-state index >= 15 is 0 Å². The lowest BCUT2D eigenvalue weighted by atomic mass is 9.96. The first kappa shape index (κ1) is 20.2. The number of rotatable bonds is 6. The predicted molar refractivity (Wildman–Crippen MR) is 118 cm³/mol. The van der Waals surface area contributed by atoms with E-state index in [2.05, 4.69) is 0 Å². The van der Waals surface area contributed by atoms with Crippen molar-refractivity contribution in [1.29, 1.82) is 0 Å². The molecule has 156 valence electrons. The normalized spacial score (nSPS) is 10.7. The summed E-state index contributed by atoms with van der Waals surface area (Å²) in [4.78, 5) is 23.7. The number of fused-ring (bicyclic) bond motifs is 1. The molecule has 4 aromatic rings. The summed E-state index contributed by atoms with van der Waals surface area (Å²) in [5.74, 6) is 1.57. The fourth-order valence-electron chi connectivity index (χ4n) is 3.62. The topological polar surface area (TPSA) is 75.0 Å². The summed E-state index contributed by atoms with van der Waals surface area (Å²) < 4.78 is 21.5. The second-order valence-electron chi connectivity index (χ2n) is 6.84. The van der Waals surface area contributed by atoms with Gasteiger partial charge in [0.25, 0.3) is 0 Å². The number of hydrogen-bond donors (Lipinski definition) is 0. The van der Waals surface area contributed by atoms with E-state index in [1.54, 1.807) is 31.4 Å². The van der Waals surface area contributed by atoms with Crippen molar-refractivity contribution in [2.45, 2.75) is 0 Å². The first-order chi connectivity index (χ1) is 15.1. The molecule has 6 nitrogen and oxygen atoms in total. The van der Waals surface area contributed by atoms with Crippen LogP contribution in [0.2, 0.25) is 0 Å². The van der Waals surface area contributed by atoms with Crippen molar-refractivity contribution in [1.82, 2.24) is 0 Å². The number of benzene rings is 3. The van der Waals surface area contributed by atoms with Crippen molar-refractivity contribution in [2.75, 3.05) is 21.3 Å². The molecule has 0 fully saturated rings. The quantitative estimate of drug-likeness (QED) is 0.326. The maximum Gasteiger partial charge on any atom is 0.336 e. The van der Waals surface area contributed by atoms with E-state index in [1.807, 2.05) is 30.3 Å². The predicted octanol–water partition coefficient (Wildman–Crippen LogP) is 4.97. The van der Waals surface area contributed by atoms with Gasteiger partial charge in [-0.3, -0.25) is 4.79 Å². The van der Waals surface area contributed by atoms with Crippen LogP contribution in [0.5, 0.6) is 17.2 Å². The molecule has 1 heterocycles. The molecule has 0 N–H and O–H groups in total. The van der Waals surface area contributed by atoms with Gasteiger partial charge >= 0.3 is 5.63 Å². The number of hydrogen-bond acceptors (Lipinski definition) is 6. The third-order valence-corrected chi connectivity index (χ3v) is 5.10. The zero-order valence-corrected chi connectivity index (χ0v) is 17.3. The van der Waals surface area contributed by atoms with Gasteiger partial charge in [0.15, 0.2) is 6.29 Å². The maximum absolute atomic E-state index is 12.3. The molecule has 0 saturated carbocycles. The largest absolute Gasteiger partial charge is 0.496 e. The first-order valence-electron chi connectivity index (χ1n) is 9.52. The molecule has 4 rings (SSSR count). The zero-order valence-electron chi connectivity index (χ0n) is 17.3. The molecule has 1 aromatic heterocycles. The smallest absolute Gasteiger partial charge is 0.336 e. The Hall–Kier alpha value is -4.06. The minimum absolute atomic E-state index is 0.372. The Morgan fingerprint density at radius 1 is 0.774 bits per heavy atom. The Labute approximate surface area is 178 Å². The van der Waals surface area contributed by atoms with Gasteiger partial charge in [0.2, 0.25) is 0 Å². The third kappa shape index (κ3) is 3.75. The molecule has 0 saturated heterocycles. The number of ether oxygens (including phenoxy) is 3. The first-order valence-corrected chi connectivity index (χ1v) is 9.52. The van der Waals surface area contributed by atoms with Crippen LogP contribution in [0.4, 0.5) is 0 Å². The molecule has 6 heteroatoms. The molecule has 0 spiro atoms. The van der Waals surface area contributed by atoms with Crippen molar-refractivity contribution >= 4 is 17.3 Å². The molecule has 0 aliphatic rings. The Balaban J connectivity index is 1.92. The summed E-state index contributed by atoms with van der Waals surface area (Å²) >= 11 is 0. The van der Waals surface area contributed by atoms with E-state index in [0.717, 1.165) is 23.0 Å². The van der Waals surface area contributed by atoms with Crippen LogP contribution in [0.3, 0.4) is 0 Å². The molecule has 0 atom stereocenters. The van der Waals surface area contributed by atoms with Crippen molar-refractivity contribution in [2.24, 2.45) is 0 Å². The van der Waals surface area contributed by atoms with Crippen LogP contribution in [0.15, 0.2) is 69.9 Å². The van der Waals surface area contributed by atoms with E-state index in [9.17, 15) is 9.59 Å². The maximum atomic E-state index is 12.3. The lowest BCUT2D eigenvalue weighted by Gasteiger charge is -2.13. The highest BCUT2D eigenvalue weighted by Crippen LogP contribution is 2.38. The fourth-order valence-corrected chi connectivity index (χ4v) is 3.62. The molecule has 31 heavy (non-hydrogen) atoms. The van der Waals surface area contributed by atoms with Crippen molar-refractivity contribution < 1.29 is 23.4 Å². The van der Waals surface area contributed by atoms with Gasteiger partial charge in [0.05, 0.1) is 32.3 Å². The van der Waals surface area contributed by atoms with E-state index in [0.29, 0.717) is 39.3 Å². The lowest BCUT2D eigenvalue weighted by molar-refractivity contribution is 0.112. The van der Waals surface area contributed by atoms with Crippen LogP contribution in [0.1, 0.15) is 10.4 Å². The lowest BCUT2D eigenvalue weighted by Crippen LogP contribution is -2.00. The molecule has 0 aliphatic carbocycles. The number of carbonyl (C=O) groups excluding carboxylic acids is 1. The summed E-state index contributed by atoms with van der Waals surface area (Å²) in [6.07, 6.45) is 0.764. The Morgan fingerprint density at radius 2 is 1.52 bits per heavy atom. The average molecular weight is 416 g/mol. The van der Waals surface area contributed by atoms with Crippen LogP contribution in [0.25, 0.3) is 33.2 Å². The van der Waals surface area contributed by atoms with Gasteiger partial charge < -0.3 is 18.6 Å². The highest BCUT2D eigenvalue weighted by Gasteiger charge is 2.16. The highest BCUT2D eigenvalue weighted by atomic mass is 16.5. The van der Waals surface area contributed by atoms with Gasteiger partial charge in [0, 0.05) is 23.8 Å². The van der Waals surface area contributed by atoms with E-state index in [-0.39, 0.29) is 0 Å². The third-order valence-electron chi connectivity index (χ3n) is 5.10. The molecular weight excluding hydrogens is 396 g/mol. The summed E-state index contributed by atoms with van der Waals surface area (Å²) in [6, 6.07) is 18.0. The van der Waals surface area contributed by atoms with E-state index < -0.39 is 5.63 Å². The second-order valence-corrected chi connectivity index (χ2v) is 6.84. The van der Waals surface area contributed by atoms with Gasteiger partial charge in [0.1, 0.15) is 22.8 Å². The van der Waals surface area contributed by atoms with Gasteiger partial charge in [-0.05, 0) is 34.9 Å². The standard InChI is InChI=1S/C25H20O6/c1-28-19-11-22(30-3)25-20(13-24(27)31-23(25)12-19)17-6-4-5-15(9-17)16-7-8-21(29-2)18(10-16)14-26/h4-14H,1-3H3. The molecule has 3 aromatic carbocycles. The van der Waals surface area contributed by atoms with Gasteiger partial charge in [-0.25, -0.2) is 4.79 Å². The highest BCUT2D eigenvalue weighted by molar-refractivity contribution is 5.99. The SMILES string of the molecule is COc1cc(OC)c2c(-c3cccc(-c4ccc(OC)c(C=O)c4)c3)cc(=O)oc2c1. The Morgan fingerprint density at radius 3 is 2.23 bits per heavy atom. The minimum atomic E-state index is -0.476. The zero-order chi connectivity index (χ0) is 22.0.